The zero-order valence-corrected chi connectivity index (χ0v) is 11.0. The molecule has 6 heteroatoms. The van der Waals surface area contributed by atoms with E-state index in [-0.39, 0.29) is 6.54 Å². The average molecular weight is 308 g/mol. The second kappa shape index (κ2) is 6.08. The number of hydrogen-bond donors (Lipinski definition) is 2. The molecule has 0 bridgehead atoms. The monoisotopic (exact) mass is 306 g/mol. The zero-order valence-electron chi connectivity index (χ0n) is 8.67. The van der Waals surface area contributed by atoms with Gasteiger partial charge in [-0.25, -0.2) is 4.79 Å². The highest BCUT2D eigenvalue weighted by atomic mass is 79.9. The molecule has 0 radical (unpaired) electrons. The minimum Gasteiger partial charge on any atom is -0.467 e. The minimum atomic E-state index is -0.557. The van der Waals surface area contributed by atoms with Crippen molar-refractivity contribution in [3.63, 3.8) is 0 Å². The van der Waals surface area contributed by atoms with E-state index in [4.69, 9.17) is 17.3 Å². The Morgan fingerprint density at radius 1 is 1.69 bits per heavy atom. The molecule has 4 nitrogen and oxygen atoms in total. The number of esters is 1. The van der Waals surface area contributed by atoms with Crippen LogP contribution in [0.2, 0.25) is 5.02 Å². The van der Waals surface area contributed by atoms with E-state index >= 15 is 0 Å². The van der Waals surface area contributed by atoms with E-state index in [9.17, 15) is 4.79 Å². The highest BCUT2D eigenvalue weighted by Gasteiger charge is 2.16. The number of halogens is 2. The Balaban J connectivity index is 2.78. The standard InChI is InChI=1S/C10H12BrClN2O2/c1-16-10(15)9(5-13)14-6-2-3-8(12)7(11)4-6/h2-4,9,14H,5,13H2,1H3. The summed E-state index contributed by atoms with van der Waals surface area (Å²) in [7, 11) is 1.32. The first-order valence-corrected chi connectivity index (χ1v) is 5.75. The van der Waals surface area contributed by atoms with Gasteiger partial charge in [0.05, 0.1) is 12.1 Å². The number of nitrogens with one attached hydrogen (secondary N) is 1. The van der Waals surface area contributed by atoms with E-state index in [0.29, 0.717) is 5.02 Å². The largest absolute Gasteiger partial charge is 0.467 e. The van der Waals surface area contributed by atoms with Crippen LogP contribution in [0, 0.1) is 0 Å². The smallest absolute Gasteiger partial charge is 0.329 e. The van der Waals surface area contributed by atoms with Gasteiger partial charge >= 0.3 is 5.97 Å². The fourth-order valence-electron chi connectivity index (χ4n) is 1.14. The molecule has 0 saturated carbocycles. The molecule has 0 amide bonds. The molecule has 0 heterocycles. The summed E-state index contributed by atoms with van der Waals surface area (Å²) in [6, 6.07) is 4.70. The van der Waals surface area contributed by atoms with Gasteiger partial charge < -0.3 is 15.8 Å². The van der Waals surface area contributed by atoms with E-state index in [1.807, 2.05) is 0 Å². The first-order valence-electron chi connectivity index (χ1n) is 4.58. The number of anilines is 1. The lowest BCUT2D eigenvalue weighted by molar-refractivity contribution is -0.141. The predicted octanol–water partition coefficient (Wildman–Crippen LogP) is 2.01. The summed E-state index contributed by atoms with van der Waals surface area (Å²) in [5.74, 6) is -0.395. The molecule has 0 aliphatic rings. The summed E-state index contributed by atoms with van der Waals surface area (Å²) in [6.45, 7) is 0.160. The van der Waals surface area contributed by atoms with Crippen LogP contribution in [0.1, 0.15) is 0 Å². The molecule has 0 saturated heterocycles. The summed E-state index contributed by atoms with van der Waals surface area (Å²) in [6.07, 6.45) is 0. The Bertz CT molecular complexity index is 387. The average Bonchev–Trinajstić information content (AvgIpc) is 2.29. The normalized spacial score (nSPS) is 12.0. The maximum Gasteiger partial charge on any atom is 0.329 e. The Morgan fingerprint density at radius 3 is 2.88 bits per heavy atom. The van der Waals surface area contributed by atoms with Crippen molar-refractivity contribution in [3.05, 3.63) is 27.7 Å². The Labute approximate surface area is 107 Å². The molecule has 1 aromatic rings. The third-order valence-electron chi connectivity index (χ3n) is 1.98. The fourth-order valence-corrected chi connectivity index (χ4v) is 1.64. The van der Waals surface area contributed by atoms with Crippen molar-refractivity contribution in [3.8, 4) is 0 Å². The predicted molar refractivity (Wildman–Crippen MR) is 67.6 cm³/mol. The maximum absolute atomic E-state index is 11.3. The number of ether oxygens (including phenoxy) is 1. The Morgan fingerprint density at radius 2 is 2.38 bits per heavy atom. The molecule has 1 rings (SSSR count). The molecule has 1 atom stereocenters. The number of benzene rings is 1. The summed E-state index contributed by atoms with van der Waals surface area (Å²) in [5, 5.41) is 3.56. The molecule has 0 spiro atoms. The van der Waals surface area contributed by atoms with E-state index in [1.54, 1.807) is 18.2 Å². The minimum absolute atomic E-state index is 0.160. The second-order valence-corrected chi connectivity index (χ2v) is 4.35. The van der Waals surface area contributed by atoms with Crippen molar-refractivity contribution in [1.29, 1.82) is 0 Å². The molecule has 3 N–H and O–H groups in total. The van der Waals surface area contributed by atoms with Crippen molar-refractivity contribution in [2.24, 2.45) is 5.73 Å². The molecule has 0 aliphatic carbocycles. The van der Waals surface area contributed by atoms with Gasteiger partial charge in [0.15, 0.2) is 0 Å². The van der Waals surface area contributed by atoms with Gasteiger partial charge in [0.2, 0.25) is 0 Å². The van der Waals surface area contributed by atoms with E-state index in [2.05, 4.69) is 26.0 Å². The summed E-state index contributed by atoms with van der Waals surface area (Å²) < 4.78 is 5.36. The van der Waals surface area contributed by atoms with Crippen LogP contribution >= 0.6 is 27.5 Å². The van der Waals surface area contributed by atoms with Crippen LogP contribution in [0.4, 0.5) is 5.69 Å². The summed E-state index contributed by atoms with van der Waals surface area (Å²) >= 11 is 9.14. The molecule has 1 unspecified atom stereocenters. The van der Waals surface area contributed by atoms with Crippen LogP contribution in [-0.2, 0) is 9.53 Å². The third-order valence-corrected chi connectivity index (χ3v) is 3.20. The number of nitrogens with two attached hydrogens (primary N) is 1. The van der Waals surface area contributed by atoms with Gasteiger partial charge in [-0.1, -0.05) is 11.6 Å². The van der Waals surface area contributed by atoms with Gasteiger partial charge in [-0.3, -0.25) is 0 Å². The van der Waals surface area contributed by atoms with Crippen LogP contribution in [0.25, 0.3) is 0 Å². The zero-order chi connectivity index (χ0) is 12.1. The molecule has 16 heavy (non-hydrogen) atoms. The molecular weight excluding hydrogens is 295 g/mol. The van der Waals surface area contributed by atoms with E-state index in [0.717, 1.165) is 10.2 Å². The maximum atomic E-state index is 11.3. The van der Waals surface area contributed by atoms with Crippen molar-refractivity contribution >= 4 is 39.2 Å². The molecule has 88 valence electrons. The lowest BCUT2D eigenvalue weighted by Gasteiger charge is -2.15. The SMILES string of the molecule is COC(=O)C(CN)Nc1ccc(Cl)c(Br)c1. The van der Waals surface area contributed by atoms with Crippen LogP contribution < -0.4 is 11.1 Å². The topological polar surface area (TPSA) is 64.3 Å². The van der Waals surface area contributed by atoms with Gasteiger partial charge in [0.1, 0.15) is 6.04 Å². The van der Waals surface area contributed by atoms with Gasteiger partial charge in [0, 0.05) is 16.7 Å². The number of hydrogen-bond acceptors (Lipinski definition) is 4. The fraction of sp³-hybridized carbons (Fsp3) is 0.300. The number of methoxy groups -OCH3 is 1. The van der Waals surface area contributed by atoms with Gasteiger partial charge in [-0.2, -0.15) is 0 Å². The lowest BCUT2D eigenvalue weighted by atomic mass is 10.2. The van der Waals surface area contributed by atoms with Gasteiger partial charge in [-0.15, -0.1) is 0 Å². The highest BCUT2D eigenvalue weighted by Crippen LogP contribution is 2.25. The first-order chi connectivity index (χ1) is 7.58. The van der Waals surface area contributed by atoms with Crippen molar-refractivity contribution in [2.45, 2.75) is 6.04 Å². The molecule has 0 fully saturated rings. The Kier molecular flexibility index (Phi) is 5.05. The van der Waals surface area contributed by atoms with Gasteiger partial charge in [0.25, 0.3) is 0 Å². The second-order valence-electron chi connectivity index (χ2n) is 3.08. The number of carbonyl (C=O) groups is 1. The van der Waals surface area contributed by atoms with Crippen molar-refractivity contribution in [1.82, 2.24) is 0 Å². The van der Waals surface area contributed by atoms with Crippen LogP contribution in [-0.4, -0.2) is 25.7 Å². The highest BCUT2D eigenvalue weighted by molar-refractivity contribution is 9.10. The van der Waals surface area contributed by atoms with E-state index in [1.165, 1.54) is 7.11 Å². The van der Waals surface area contributed by atoms with Crippen LogP contribution in [0.5, 0.6) is 0 Å². The van der Waals surface area contributed by atoms with Crippen molar-refractivity contribution < 1.29 is 9.53 Å². The van der Waals surface area contributed by atoms with E-state index < -0.39 is 12.0 Å². The Hall–Kier alpha value is -0.780. The summed E-state index contributed by atoms with van der Waals surface area (Å²) in [5.41, 5.74) is 6.21. The molecule has 0 aliphatic heterocycles. The van der Waals surface area contributed by atoms with Crippen molar-refractivity contribution in [2.75, 3.05) is 19.0 Å². The van der Waals surface area contributed by atoms with Crippen LogP contribution in [0.3, 0.4) is 0 Å². The summed E-state index contributed by atoms with van der Waals surface area (Å²) in [4.78, 5) is 11.3. The first kappa shape index (κ1) is 13.3. The molecule has 1 aromatic carbocycles. The quantitative estimate of drug-likeness (QED) is 0.835. The molecular formula is C10H12BrClN2O2. The lowest BCUT2D eigenvalue weighted by Crippen LogP contribution is -2.37. The number of rotatable bonds is 4. The van der Waals surface area contributed by atoms with Crippen LogP contribution in [0.15, 0.2) is 22.7 Å². The molecule has 0 aromatic heterocycles. The number of carbonyl (C=O) groups excluding carboxylic acids is 1. The van der Waals surface area contributed by atoms with Gasteiger partial charge in [-0.05, 0) is 34.1 Å². The third kappa shape index (κ3) is 3.37.